The molecule has 2 unspecified atom stereocenters. The van der Waals surface area contributed by atoms with Gasteiger partial charge in [-0.1, -0.05) is 48.5 Å². The number of carbonyl (C=O) groups is 1. The summed E-state index contributed by atoms with van der Waals surface area (Å²) in [5.41, 5.74) is 2.22. The molecule has 0 bridgehead atoms. The van der Waals surface area contributed by atoms with Crippen molar-refractivity contribution in [3.8, 4) is 0 Å². The fourth-order valence-electron chi connectivity index (χ4n) is 6.28. The lowest BCUT2D eigenvalue weighted by Gasteiger charge is -2.51. The predicted octanol–water partition coefficient (Wildman–Crippen LogP) is 4.31. The van der Waals surface area contributed by atoms with Crippen LogP contribution in [0.4, 0.5) is 0 Å². The number of piperidine rings is 2. The summed E-state index contributed by atoms with van der Waals surface area (Å²) in [6.45, 7) is 2.94. The van der Waals surface area contributed by atoms with Gasteiger partial charge in [-0.3, -0.25) is 9.69 Å². The van der Waals surface area contributed by atoms with Gasteiger partial charge in [0.2, 0.25) is 0 Å². The Morgan fingerprint density at radius 3 is 2.19 bits per heavy atom. The molecule has 5 rings (SSSR count). The smallest absolute Gasteiger partial charge is 0.254 e. The average molecular weight is 419 g/mol. The SMILES string of the molecule is O=C(c1ccccc1)N1CCCC2C[C@@H](N3CCC(c4ccccc4)CC3)[C@H](O)CC21. The summed E-state index contributed by atoms with van der Waals surface area (Å²) in [6.07, 6.45) is 5.96. The summed E-state index contributed by atoms with van der Waals surface area (Å²) >= 11 is 0. The molecule has 3 fully saturated rings. The van der Waals surface area contributed by atoms with Gasteiger partial charge in [0.15, 0.2) is 0 Å². The summed E-state index contributed by atoms with van der Waals surface area (Å²) < 4.78 is 0. The number of hydrogen-bond donors (Lipinski definition) is 1. The average Bonchev–Trinajstić information content (AvgIpc) is 2.84. The van der Waals surface area contributed by atoms with Gasteiger partial charge in [0.25, 0.3) is 5.91 Å². The number of benzene rings is 2. The van der Waals surface area contributed by atoms with Crippen LogP contribution in [0.2, 0.25) is 0 Å². The summed E-state index contributed by atoms with van der Waals surface area (Å²) in [6, 6.07) is 20.9. The molecule has 2 saturated heterocycles. The minimum Gasteiger partial charge on any atom is -0.391 e. The number of aliphatic hydroxyl groups excluding tert-OH is 1. The van der Waals surface area contributed by atoms with E-state index in [0.29, 0.717) is 18.3 Å². The van der Waals surface area contributed by atoms with Crippen LogP contribution < -0.4 is 0 Å². The third kappa shape index (κ3) is 4.28. The zero-order chi connectivity index (χ0) is 21.2. The molecular weight excluding hydrogens is 384 g/mol. The molecule has 1 N–H and O–H groups in total. The highest BCUT2D eigenvalue weighted by atomic mass is 16.3. The fourth-order valence-corrected chi connectivity index (χ4v) is 6.28. The van der Waals surface area contributed by atoms with Gasteiger partial charge in [0.1, 0.15) is 0 Å². The van der Waals surface area contributed by atoms with E-state index in [1.54, 1.807) is 0 Å². The monoisotopic (exact) mass is 418 g/mol. The van der Waals surface area contributed by atoms with Crippen molar-refractivity contribution >= 4 is 5.91 Å². The van der Waals surface area contributed by atoms with E-state index in [1.807, 2.05) is 30.3 Å². The second-order valence-electron chi connectivity index (χ2n) is 9.66. The van der Waals surface area contributed by atoms with Crippen LogP contribution >= 0.6 is 0 Å². The summed E-state index contributed by atoms with van der Waals surface area (Å²) in [5, 5.41) is 11.1. The summed E-state index contributed by atoms with van der Waals surface area (Å²) in [5.74, 6) is 1.27. The Kier molecular flexibility index (Phi) is 6.10. The predicted molar refractivity (Wildman–Crippen MR) is 123 cm³/mol. The van der Waals surface area contributed by atoms with Crippen LogP contribution in [0, 0.1) is 5.92 Å². The number of carbonyl (C=O) groups excluding carboxylic acids is 1. The van der Waals surface area contributed by atoms with Gasteiger partial charge < -0.3 is 10.0 Å². The molecule has 31 heavy (non-hydrogen) atoms. The van der Waals surface area contributed by atoms with Gasteiger partial charge in [0.05, 0.1) is 6.10 Å². The molecular formula is C27H34N2O2. The quantitative estimate of drug-likeness (QED) is 0.808. The van der Waals surface area contributed by atoms with Crippen molar-refractivity contribution in [2.45, 2.75) is 62.6 Å². The zero-order valence-electron chi connectivity index (χ0n) is 18.3. The number of likely N-dealkylation sites (tertiary alicyclic amines) is 2. The maximum atomic E-state index is 13.1. The number of aliphatic hydroxyl groups is 1. The van der Waals surface area contributed by atoms with Crippen molar-refractivity contribution in [3.63, 3.8) is 0 Å². The van der Waals surface area contributed by atoms with E-state index in [1.165, 1.54) is 24.8 Å². The molecule has 1 aliphatic carbocycles. The van der Waals surface area contributed by atoms with Crippen LogP contribution in [0.5, 0.6) is 0 Å². The molecule has 2 aliphatic heterocycles. The Balaban J connectivity index is 1.23. The van der Waals surface area contributed by atoms with Gasteiger partial charge in [0, 0.05) is 24.2 Å². The first-order valence-corrected chi connectivity index (χ1v) is 12.0. The van der Waals surface area contributed by atoms with E-state index >= 15 is 0 Å². The van der Waals surface area contributed by atoms with Crippen LogP contribution in [0.1, 0.15) is 60.4 Å². The van der Waals surface area contributed by atoms with E-state index in [0.717, 1.165) is 38.0 Å². The summed E-state index contributed by atoms with van der Waals surface area (Å²) in [4.78, 5) is 17.7. The molecule has 3 aliphatic rings. The van der Waals surface area contributed by atoms with Crippen LogP contribution in [0.15, 0.2) is 60.7 Å². The molecule has 2 heterocycles. The lowest BCUT2D eigenvalue weighted by Crippen LogP contribution is -2.59. The van der Waals surface area contributed by atoms with Crippen molar-refractivity contribution in [1.82, 2.24) is 9.80 Å². The Morgan fingerprint density at radius 2 is 1.48 bits per heavy atom. The van der Waals surface area contributed by atoms with Crippen LogP contribution in [-0.2, 0) is 0 Å². The van der Waals surface area contributed by atoms with Crippen molar-refractivity contribution in [1.29, 1.82) is 0 Å². The van der Waals surface area contributed by atoms with Crippen LogP contribution in [-0.4, -0.2) is 58.6 Å². The lowest BCUT2D eigenvalue weighted by atomic mass is 9.73. The Hall–Kier alpha value is -2.17. The third-order valence-corrected chi connectivity index (χ3v) is 7.94. The first-order chi connectivity index (χ1) is 15.2. The number of fused-ring (bicyclic) bond motifs is 1. The minimum atomic E-state index is -0.348. The standard InChI is InChI=1S/C27H34N2O2/c30-26-19-24-23(12-7-15-29(24)27(31)22-10-5-2-6-11-22)18-25(26)28-16-13-21(14-17-28)20-8-3-1-4-9-20/h1-6,8-11,21,23-26,30H,7,12-19H2/t23?,24?,25-,26-/m1/s1. The van der Waals surface area contributed by atoms with Crippen molar-refractivity contribution < 1.29 is 9.90 Å². The van der Waals surface area contributed by atoms with Crippen LogP contribution in [0.25, 0.3) is 0 Å². The maximum Gasteiger partial charge on any atom is 0.254 e. The second-order valence-corrected chi connectivity index (χ2v) is 9.66. The molecule has 2 aromatic carbocycles. The van der Waals surface area contributed by atoms with Gasteiger partial charge in [-0.05, 0) is 81.1 Å². The van der Waals surface area contributed by atoms with E-state index in [-0.39, 0.29) is 24.1 Å². The zero-order valence-corrected chi connectivity index (χ0v) is 18.3. The van der Waals surface area contributed by atoms with Crippen molar-refractivity contribution in [2.75, 3.05) is 19.6 Å². The Bertz CT molecular complexity index is 863. The molecule has 4 atom stereocenters. The Morgan fingerprint density at radius 1 is 0.806 bits per heavy atom. The molecule has 164 valence electrons. The molecule has 4 nitrogen and oxygen atoms in total. The molecule has 0 radical (unpaired) electrons. The van der Waals surface area contributed by atoms with E-state index in [4.69, 9.17) is 0 Å². The van der Waals surface area contributed by atoms with Crippen molar-refractivity contribution in [3.05, 3.63) is 71.8 Å². The number of rotatable bonds is 3. The second kappa shape index (κ2) is 9.13. The van der Waals surface area contributed by atoms with Crippen molar-refractivity contribution in [2.24, 2.45) is 5.92 Å². The maximum absolute atomic E-state index is 13.1. The van der Waals surface area contributed by atoms with Gasteiger partial charge >= 0.3 is 0 Å². The molecule has 2 aromatic rings. The first-order valence-electron chi connectivity index (χ1n) is 12.0. The number of hydrogen-bond acceptors (Lipinski definition) is 3. The van der Waals surface area contributed by atoms with E-state index < -0.39 is 0 Å². The van der Waals surface area contributed by atoms with Gasteiger partial charge in [-0.15, -0.1) is 0 Å². The highest BCUT2D eigenvalue weighted by molar-refractivity contribution is 5.94. The topological polar surface area (TPSA) is 43.8 Å². The van der Waals surface area contributed by atoms with Crippen LogP contribution in [0.3, 0.4) is 0 Å². The van der Waals surface area contributed by atoms with Gasteiger partial charge in [-0.2, -0.15) is 0 Å². The highest BCUT2D eigenvalue weighted by Crippen LogP contribution is 2.39. The largest absolute Gasteiger partial charge is 0.391 e. The van der Waals surface area contributed by atoms with E-state index in [9.17, 15) is 9.90 Å². The third-order valence-electron chi connectivity index (χ3n) is 7.94. The van der Waals surface area contributed by atoms with Gasteiger partial charge in [-0.25, -0.2) is 0 Å². The normalized spacial score (nSPS) is 30.0. The minimum absolute atomic E-state index is 0.129. The Labute approximate surface area is 185 Å². The lowest BCUT2D eigenvalue weighted by molar-refractivity contribution is -0.0513. The number of nitrogens with zero attached hydrogens (tertiary/aromatic N) is 2. The molecule has 4 heteroatoms. The highest BCUT2D eigenvalue weighted by Gasteiger charge is 2.44. The number of amides is 1. The molecule has 0 aromatic heterocycles. The molecule has 0 spiro atoms. The first kappa shape index (κ1) is 20.7. The van der Waals surface area contributed by atoms with E-state index in [2.05, 4.69) is 40.1 Å². The molecule has 1 saturated carbocycles. The fraction of sp³-hybridized carbons (Fsp3) is 0.519. The summed E-state index contributed by atoms with van der Waals surface area (Å²) in [7, 11) is 0. The molecule has 1 amide bonds.